The fourth-order valence-corrected chi connectivity index (χ4v) is 4.00. The number of hydrogen-bond donors (Lipinski definition) is 0. The molecule has 0 saturated carbocycles. The van der Waals surface area contributed by atoms with Gasteiger partial charge in [-0.1, -0.05) is 24.3 Å². The molecule has 128 valence electrons. The summed E-state index contributed by atoms with van der Waals surface area (Å²) in [7, 11) is 4.30. The molecule has 3 heteroatoms. The van der Waals surface area contributed by atoms with Crippen LogP contribution in [0.5, 0.6) is 0 Å². The largest absolute Gasteiger partial charge is 0.381 e. The first-order valence-corrected chi connectivity index (χ1v) is 9.13. The van der Waals surface area contributed by atoms with Crippen molar-refractivity contribution in [3.63, 3.8) is 0 Å². The lowest BCUT2D eigenvalue weighted by Gasteiger charge is -2.44. The quantitative estimate of drug-likeness (QED) is 0.842. The smallest absolute Gasteiger partial charge is 0.0471 e. The van der Waals surface area contributed by atoms with Gasteiger partial charge in [0.25, 0.3) is 0 Å². The van der Waals surface area contributed by atoms with E-state index in [1.165, 1.54) is 49.9 Å². The molecule has 23 heavy (non-hydrogen) atoms. The van der Waals surface area contributed by atoms with Gasteiger partial charge in [-0.25, -0.2) is 0 Å². The molecule has 1 atom stereocenters. The first-order chi connectivity index (χ1) is 11.1. The topological polar surface area (TPSA) is 15.7 Å². The normalized spacial score (nSPS) is 23.3. The number of likely N-dealkylation sites (tertiary alicyclic amines) is 1. The number of rotatable bonds is 4. The van der Waals surface area contributed by atoms with Crippen molar-refractivity contribution in [2.45, 2.75) is 45.2 Å². The summed E-state index contributed by atoms with van der Waals surface area (Å²) in [5, 5.41) is 0. The zero-order chi connectivity index (χ0) is 16.3. The zero-order valence-electron chi connectivity index (χ0n) is 15.1. The third-order valence-electron chi connectivity index (χ3n) is 6.08. The first kappa shape index (κ1) is 16.9. The molecule has 0 bridgehead atoms. The van der Waals surface area contributed by atoms with Crippen LogP contribution in [0.15, 0.2) is 24.3 Å². The lowest BCUT2D eigenvalue weighted by molar-refractivity contribution is -0.0218. The summed E-state index contributed by atoms with van der Waals surface area (Å²) in [6, 6.07) is 9.62. The molecule has 2 aliphatic rings. The molecule has 0 aromatic heterocycles. The van der Waals surface area contributed by atoms with Gasteiger partial charge >= 0.3 is 0 Å². The van der Waals surface area contributed by atoms with Crippen LogP contribution < -0.4 is 0 Å². The van der Waals surface area contributed by atoms with E-state index in [0.29, 0.717) is 11.5 Å². The van der Waals surface area contributed by atoms with Crippen LogP contribution in [0, 0.1) is 5.41 Å². The molecule has 2 heterocycles. The van der Waals surface area contributed by atoms with Crippen molar-refractivity contribution in [1.82, 2.24) is 9.80 Å². The summed E-state index contributed by atoms with van der Waals surface area (Å²) in [6.45, 7) is 7.81. The van der Waals surface area contributed by atoms with E-state index in [2.05, 4.69) is 55.1 Å². The fourth-order valence-electron chi connectivity index (χ4n) is 4.00. The van der Waals surface area contributed by atoms with Gasteiger partial charge in [0.15, 0.2) is 0 Å². The van der Waals surface area contributed by atoms with Crippen LogP contribution in [0.1, 0.15) is 49.8 Å². The molecule has 2 fully saturated rings. The van der Waals surface area contributed by atoms with Gasteiger partial charge in [-0.15, -0.1) is 0 Å². The Morgan fingerprint density at radius 1 is 1.13 bits per heavy atom. The Labute approximate surface area is 141 Å². The third-order valence-corrected chi connectivity index (χ3v) is 6.08. The highest BCUT2D eigenvalue weighted by molar-refractivity contribution is 5.25. The van der Waals surface area contributed by atoms with E-state index in [1.807, 2.05) is 0 Å². The molecule has 0 radical (unpaired) electrons. The second-order valence-corrected chi connectivity index (χ2v) is 7.77. The maximum Gasteiger partial charge on any atom is 0.0471 e. The van der Waals surface area contributed by atoms with Crippen LogP contribution in [0.4, 0.5) is 0 Å². The molecule has 1 aromatic rings. The van der Waals surface area contributed by atoms with Gasteiger partial charge in [0, 0.05) is 25.8 Å². The van der Waals surface area contributed by atoms with Gasteiger partial charge in [0.2, 0.25) is 0 Å². The van der Waals surface area contributed by atoms with E-state index < -0.39 is 0 Å². The van der Waals surface area contributed by atoms with Crippen molar-refractivity contribution in [2.24, 2.45) is 5.41 Å². The predicted octanol–water partition coefficient (Wildman–Crippen LogP) is 3.70. The minimum Gasteiger partial charge on any atom is -0.381 e. The van der Waals surface area contributed by atoms with Gasteiger partial charge in [-0.05, 0) is 76.3 Å². The van der Waals surface area contributed by atoms with Gasteiger partial charge in [0.05, 0.1) is 0 Å². The average Bonchev–Trinajstić information content (AvgIpc) is 2.57. The zero-order valence-corrected chi connectivity index (χ0v) is 15.1. The lowest BCUT2D eigenvalue weighted by atomic mass is 9.72. The second kappa shape index (κ2) is 7.33. The Hall–Kier alpha value is -0.900. The highest BCUT2D eigenvalue weighted by Crippen LogP contribution is 2.40. The van der Waals surface area contributed by atoms with Crippen molar-refractivity contribution < 1.29 is 4.74 Å². The molecule has 1 spiro atoms. The van der Waals surface area contributed by atoms with Crippen LogP contribution >= 0.6 is 0 Å². The van der Waals surface area contributed by atoms with E-state index >= 15 is 0 Å². The summed E-state index contributed by atoms with van der Waals surface area (Å²) in [5.74, 6) is 0. The molecule has 3 nitrogen and oxygen atoms in total. The number of piperidine rings is 1. The third kappa shape index (κ3) is 4.14. The van der Waals surface area contributed by atoms with Gasteiger partial charge in [0.1, 0.15) is 0 Å². The summed E-state index contributed by atoms with van der Waals surface area (Å²) in [5.41, 5.74) is 3.47. The fraction of sp³-hybridized carbons (Fsp3) is 0.700. The van der Waals surface area contributed by atoms with Crippen molar-refractivity contribution in [1.29, 1.82) is 0 Å². The van der Waals surface area contributed by atoms with Crippen molar-refractivity contribution in [2.75, 3.05) is 40.4 Å². The first-order valence-electron chi connectivity index (χ1n) is 9.13. The monoisotopic (exact) mass is 316 g/mol. The Morgan fingerprint density at radius 2 is 1.83 bits per heavy atom. The van der Waals surface area contributed by atoms with Crippen LogP contribution in [0.3, 0.4) is 0 Å². The predicted molar refractivity (Wildman–Crippen MR) is 95.5 cm³/mol. The lowest BCUT2D eigenvalue weighted by Crippen LogP contribution is -2.42. The number of benzene rings is 1. The highest BCUT2D eigenvalue weighted by atomic mass is 16.5. The number of ether oxygens (including phenoxy) is 1. The summed E-state index contributed by atoms with van der Waals surface area (Å²) in [4.78, 5) is 4.91. The SMILES string of the molecule is C[C@@H](c1cccc(CN2CCC3(CCOCC3)CC2)c1)N(C)C. The molecule has 2 aliphatic heterocycles. The molecule has 2 saturated heterocycles. The van der Waals surface area contributed by atoms with Crippen LogP contribution in [0.2, 0.25) is 0 Å². The molecular weight excluding hydrogens is 284 g/mol. The molecule has 1 aromatic carbocycles. The molecule has 3 rings (SSSR count). The maximum absolute atomic E-state index is 5.56. The van der Waals surface area contributed by atoms with E-state index in [1.54, 1.807) is 0 Å². The van der Waals surface area contributed by atoms with Crippen molar-refractivity contribution in [3.05, 3.63) is 35.4 Å². The van der Waals surface area contributed by atoms with E-state index in [0.717, 1.165) is 19.8 Å². The van der Waals surface area contributed by atoms with Crippen molar-refractivity contribution >= 4 is 0 Å². The molecule has 0 aliphatic carbocycles. The Bertz CT molecular complexity index is 498. The van der Waals surface area contributed by atoms with E-state index in [-0.39, 0.29) is 0 Å². The van der Waals surface area contributed by atoms with Crippen LogP contribution in [-0.2, 0) is 11.3 Å². The van der Waals surface area contributed by atoms with Gasteiger partial charge < -0.3 is 9.64 Å². The van der Waals surface area contributed by atoms with Crippen LogP contribution in [0.25, 0.3) is 0 Å². The van der Waals surface area contributed by atoms with E-state index in [4.69, 9.17) is 4.74 Å². The summed E-state index contributed by atoms with van der Waals surface area (Å²) < 4.78 is 5.56. The van der Waals surface area contributed by atoms with Gasteiger partial charge in [-0.2, -0.15) is 0 Å². The molecule has 0 N–H and O–H groups in total. The van der Waals surface area contributed by atoms with E-state index in [9.17, 15) is 0 Å². The van der Waals surface area contributed by atoms with Crippen molar-refractivity contribution in [3.8, 4) is 0 Å². The summed E-state index contributed by atoms with van der Waals surface area (Å²) >= 11 is 0. The Balaban J connectivity index is 1.57. The van der Waals surface area contributed by atoms with Gasteiger partial charge in [-0.3, -0.25) is 4.90 Å². The Morgan fingerprint density at radius 3 is 2.48 bits per heavy atom. The molecule has 0 amide bonds. The number of nitrogens with zero attached hydrogens (tertiary/aromatic N) is 2. The maximum atomic E-state index is 5.56. The number of hydrogen-bond acceptors (Lipinski definition) is 3. The summed E-state index contributed by atoms with van der Waals surface area (Å²) in [6.07, 6.45) is 5.25. The minimum atomic E-state index is 0.474. The second-order valence-electron chi connectivity index (χ2n) is 7.77. The molecule has 0 unspecified atom stereocenters. The minimum absolute atomic E-state index is 0.474. The molecular formula is C20H32N2O. The standard InChI is InChI=1S/C20H32N2O/c1-17(21(2)3)19-6-4-5-18(15-19)16-22-11-7-20(8-12-22)9-13-23-14-10-20/h4-6,15,17H,7-14,16H2,1-3H3/t17-/m0/s1. The Kier molecular flexibility index (Phi) is 5.40. The highest BCUT2D eigenvalue weighted by Gasteiger charge is 2.35. The average molecular weight is 316 g/mol. The van der Waals surface area contributed by atoms with Crippen LogP contribution in [-0.4, -0.2) is 50.2 Å².